The number of aromatic nitrogens is 1. The number of anilines is 1. The summed E-state index contributed by atoms with van der Waals surface area (Å²) in [7, 11) is 0. The minimum absolute atomic E-state index is 0.237. The highest BCUT2D eigenvalue weighted by Gasteiger charge is 2.17. The summed E-state index contributed by atoms with van der Waals surface area (Å²) in [6, 6.07) is 12.1. The summed E-state index contributed by atoms with van der Waals surface area (Å²) >= 11 is 0. The molecule has 7 nitrogen and oxygen atoms in total. The van der Waals surface area contributed by atoms with Gasteiger partial charge in [-0.25, -0.2) is 10.8 Å². The molecule has 0 unspecified atom stereocenters. The van der Waals surface area contributed by atoms with Crippen molar-refractivity contribution in [2.75, 3.05) is 18.0 Å². The van der Waals surface area contributed by atoms with Gasteiger partial charge in [-0.3, -0.25) is 15.0 Å². The third-order valence-corrected chi connectivity index (χ3v) is 4.95. The number of amides is 1. The van der Waals surface area contributed by atoms with Crippen LogP contribution in [0, 0.1) is 0 Å². The van der Waals surface area contributed by atoms with Crippen molar-refractivity contribution in [1.29, 1.82) is 0 Å². The molecule has 2 aromatic rings. The number of carbonyl (C=O) groups excluding carboxylic acids is 1. The van der Waals surface area contributed by atoms with Gasteiger partial charge in [0.05, 0.1) is 0 Å². The molecule has 0 saturated heterocycles. The molecule has 1 heterocycles. The lowest BCUT2D eigenvalue weighted by Crippen LogP contribution is -2.30. The Hall–Kier alpha value is -3.45. The SMILES string of the molecule is CCN(CC)c1ccc2nc3c4ccc(C(=O)NN)cc4c(=O)cc-3oc2c1. The number of rotatable bonds is 4. The van der Waals surface area contributed by atoms with Crippen LogP contribution < -0.4 is 21.6 Å². The predicted molar refractivity (Wildman–Crippen MR) is 110 cm³/mol. The normalized spacial score (nSPS) is 11.2. The van der Waals surface area contributed by atoms with Gasteiger partial charge in [-0.2, -0.15) is 0 Å². The maximum atomic E-state index is 12.6. The van der Waals surface area contributed by atoms with E-state index in [1.807, 2.05) is 18.2 Å². The van der Waals surface area contributed by atoms with Crippen LogP contribution in [0.15, 0.2) is 51.7 Å². The van der Waals surface area contributed by atoms with Crippen molar-refractivity contribution in [1.82, 2.24) is 10.4 Å². The lowest BCUT2D eigenvalue weighted by Gasteiger charge is -2.21. The van der Waals surface area contributed by atoms with E-state index >= 15 is 0 Å². The summed E-state index contributed by atoms with van der Waals surface area (Å²) in [4.78, 5) is 31.3. The number of carbonyl (C=O) groups is 1. The molecule has 1 aliphatic heterocycles. The predicted octanol–water partition coefficient (Wildman–Crippen LogP) is 2.90. The number of fused-ring (bicyclic) bond motifs is 4. The maximum Gasteiger partial charge on any atom is 0.265 e. The first kappa shape index (κ1) is 17.9. The summed E-state index contributed by atoms with van der Waals surface area (Å²) in [5.41, 5.74) is 5.09. The van der Waals surface area contributed by atoms with Gasteiger partial charge >= 0.3 is 0 Å². The fraction of sp³-hybridized carbons (Fsp3) is 0.190. The highest BCUT2D eigenvalue weighted by molar-refractivity contribution is 6.02. The standard InChI is InChI=1S/C21H20N4O3/c1-3-25(4-2)13-6-8-16-18(10-13)28-19-11-17(26)15-9-12(21(27)24-22)5-7-14(15)20(19)23-16/h5-11H,3-4,22H2,1-2H3,(H,24,27). The van der Waals surface area contributed by atoms with Gasteiger partial charge in [0.1, 0.15) is 11.2 Å². The van der Waals surface area contributed by atoms with Crippen LogP contribution in [-0.2, 0) is 0 Å². The Labute approximate surface area is 161 Å². The zero-order chi connectivity index (χ0) is 19.8. The van der Waals surface area contributed by atoms with Crippen LogP contribution in [0.5, 0.6) is 0 Å². The van der Waals surface area contributed by atoms with Gasteiger partial charge in [0, 0.05) is 47.2 Å². The van der Waals surface area contributed by atoms with E-state index in [-0.39, 0.29) is 5.43 Å². The number of nitrogen functional groups attached to an aromatic ring is 1. The number of hydrogen-bond acceptors (Lipinski definition) is 6. The molecule has 28 heavy (non-hydrogen) atoms. The van der Waals surface area contributed by atoms with Gasteiger partial charge < -0.3 is 9.32 Å². The number of benzene rings is 3. The minimum Gasteiger partial charge on any atom is -0.453 e. The highest BCUT2D eigenvalue weighted by Crippen LogP contribution is 2.32. The lowest BCUT2D eigenvalue weighted by molar-refractivity contribution is 0.0954. The van der Waals surface area contributed by atoms with Gasteiger partial charge in [-0.1, -0.05) is 6.07 Å². The third-order valence-electron chi connectivity index (χ3n) is 4.95. The summed E-state index contributed by atoms with van der Waals surface area (Å²) in [5.74, 6) is 5.14. The van der Waals surface area contributed by atoms with Gasteiger partial charge in [0.25, 0.3) is 5.91 Å². The number of nitrogens with zero attached hydrogens (tertiary/aromatic N) is 2. The Morgan fingerprint density at radius 2 is 1.89 bits per heavy atom. The largest absolute Gasteiger partial charge is 0.453 e. The van der Waals surface area contributed by atoms with Crippen LogP contribution in [0.3, 0.4) is 0 Å². The average Bonchev–Trinajstić information content (AvgIpc) is 2.72. The second-order valence-corrected chi connectivity index (χ2v) is 6.49. The fourth-order valence-corrected chi connectivity index (χ4v) is 3.47. The molecule has 7 heteroatoms. The van der Waals surface area contributed by atoms with Crippen molar-refractivity contribution in [2.45, 2.75) is 13.8 Å². The Bertz CT molecular complexity index is 1230. The summed E-state index contributed by atoms with van der Waals surface area (Å²) in [6.45, 7) is 5.96. The monoisotopic (exact) mass is 376 g/mol. The van der Waals surface area contributed by atoms with Crippen molar-refractivity contribution >= 4 is 33.5 Å². The molecule has 2 aliphatic rings. The van der Waals surface area contributed by atoms with Gasteiger partial charge in [0.2, 0.25) is 0 Å². The Morgan fingerprint density at radius 3 is 2.61 bits per heavy atom. The molecule has 2 aromatic carbocycles. The first-order valence-electron chi connectivity index (χ1n) is 9.13. The van der Waals surface area contributed by atoms with E-state index in [0.717, 1.165) is 18.8 Å². The molecular formula is C21H20N4O3. The molecule has 0 bridgehead atoms. The second kappa shape index (κ2) is 6.94. The number of nitrogens with two attached hydrogens (primary N) is 1. The summed E-state index contributed by atoms with van der Waals surface area (Å²) < 4.78 is 6.03. The van der Waals surface area contributed by atoms with E-state index in [1.54, 1.807) is 12.1 Å². The van der Waals surface area contributed by atoms with E-state index in [1.165, 1.54) is 12.1 Å². The molecule has 0 saturated carbocycles. The number of nitrogens with one attached hydrogen (secondary N) is 1. The quantitative estimate of drug-likeness (QED) is 0.187. The van der Waals surface area contributed by atoms with Crippen LogP contribution in [0.2, 0.25) is 0 Å². The summed E-state index contributed by atoms with van der Waals surface area (Å²) in [5, 5.41) is 1.03. The smallest absolute Gasteiger partial charge is 0.265 e. The molecule has 0 radical (unpaired) electrons. The lowest BCUT2D eigenvalue weighted by atomic mass is 10.0. The van der Waals surface area contributed by atoms with Crippen molar-refractivity contribution in [3.05, 3.63) is 58.3 Å². The highest BCUT2D eigenvalue weighted by atomic mass is 16.3. The Kier molecular flexibility index (Phi) is 4.44. The zero-order valence-corrected chi connectivity index (χ0v) is 15.7. The molecule has 0 aromatic heterocycles. The van der Waals surface area contributed by atoms with E-state index in [4.69, 9.17) is 15.2 Å². The van der Waals surface area contributed by atoms with E-state index in [2.05, 4.69) is 24.2 Å². The van der Waals surface area contributed by atoms with E-state index in [9.17, 15) is 9.59 Å². The molecule has 0 fully saturated rings. The molecule has 3 N–H and O–H groups in total. The average molecular weight is 376 g/mol. The molecule has 1 amide bonds. The van der Waals surface area contributed by atoms with E-state index in [0.29, 0.717) is 38.9 Å². The number of hydrogen-bond donors (Lipinski definition) is 2. The Morgan fingerprint density at radius 1 is 1.11 bits per heavy atom. The van der Waals surface area contributed by atoms with Crippen molar-refractivity contribution < 1.29 is 9.21 Å². The zero-order valence-electron chi connectivity index (χ0n) is 15.7. The van der Waals surface area contributed by atoms with Crippen LogP contribution in [0.25, 0.3) is 33.3 Å². The molecule has 1 aliphatic carbocycles. The number of hydrazine groups is 1. The van der Waals surface area contributed by atoms with Crippen LogP contribution in [-0.4, -0.2) is 24.0 Å². The van der Waals surface area contributed by atoms with Gasteiger partial charge in [-0.05, 0) is 38.1 Å². The minimum atomic E-state index is -0.457. The van der Waals surface area contributed by atoms with Gasteiger partial charge in [-0.15, -0.1) is 0 Å². The van der Waals surface area contributed by atoms with Crippen LogP contribution in [0.1, 0.15) is 24.2 Å². The first-order valence-corrected chi connectivity index (χ1v) is 9.13. The molecule has 4 rings (SSSR count). The second-order valence-electron chi connectivity index (χ2n) is 6.49. The van der Waals surface area contributed by atoms with Crippen molar-refractivity contribution in [2.24, 2.45) is 5.84 Å². The maximum absolute atomic E-state index is 12.6. The first-order chi connectivity index (χ1) is 13.5. The van der Waals surface area contributed by atoms with Crippen LogP contribution in [0.4, 0.5) is 5.69 Å². The van der Waals surface area contributed by atoms with Crippen molar-refractivity contribution in [3.8, 4) is 11.5 Å². The summed E-state index contributed by atoms with van der Waals surface area (Å²) in [6.07, 6.45) is 0. The fourth-order valence-electron chi connectivity index (χ4n) is 3.47. The molecule has 142 valence electrons. The van der Waals surface area contributed by atoms with Crippen LogP contribution >= 0.6 is 0 Å². The van der Waals surface area contributed by atoms with E-state index < -0.39 is 5.91 Å². The topological polar surface area (TPSA) is 101 Å². The molecule has 0 atom stereocenters. The molecule has 0 spiro atoms. The Balaban J connectivity index is 1.96. The van der Waals surface area contributed by atoms with Gasteiger partial charge in [0.15, 0.2) is 16.8 Å². The molecular weight excluding hydrogens is 356 g/mol. The van der Waals surface area contributed by atoms with Crippen molar-refractivity contribution in [3.63, 3.8) is 0 Å². The third kappa shape index (κ3) is 2.86.